The van der Waals surface area contributed by atoms with E-state index in [1.54, 1.807) is 35.0 Å². The van der Waals surface area contributed by atoms with Gasteiger partial charge in [0, 0.05) is 23.1 Å². The molecule has 0 bridgehead atoms. The third-order valence-corrected chi connectivity index (χ3v) is 5.77. The molecule has 0 radical (unpaired) electrons. The molecule has 0 atom stereocenters. The van der Waals surface area contributed by atoms with Gasteiger partial charge in [-0.05, 0) is 24.3 Å². The number of furan rings is 1. The molecule has 0 saturated carbocycles. The van der Waals surface area contributed by atoms with Crippen molar-refractivity contribution in [3.8, 4) is 11.4 Å². The lowest BCUT2D eigenvalue weighted by molar-refractivity contribution is -0.384. The van der Waals surface area contributed by atoms with Gasteiger partial charge in [-0.15, -0.1) is 5.10 Å². The predicted octanol–water partition coefficient (Wildman–Crippen LogP) is 3.85. The van der Waals surface area contributed by atoms with Crippen LogP contribution in [0.15, 0.2) is 76.5 Å². The third kappa shape index (κ3) is 4.26. The maximum absolute atomic E-state index is 12.3. The molecule has 3 aromatic heterocycles. The van der Waals surface area contributed by atoms with Crippen molar-refractivity contribution < 1.29 is 14.1 Å². The number of carbonyl (C=O) groups is 1. The Bertz CT molecular complexity index is 1480. The second-order valence-corrected chi connectivity index (χ2v) is 7.98. The summed E-state index contributed by atoms with van der Waals surface area (Å²) in [5, 5.41) is 19.8. The summed E-state index contributed by atoms with van der Waals surface area (Å²) in [6.07, 6.45) is 1.55. The lowest BCUT2D eigenvalue weighted by atomic mass is 10.2. The summed E-state index contributed by atoms with van der Waals surface area (Å²) in [6.45, 7) is 0.299. The Balaban J connectivity index is 1.48. The summed E-state index contributed by atoms with van der Waals surface area (Å²) in [7, 11) is 0. The van der Waals surface area contributed by atoms with Crippen molar-refractivity contribution in [1.29, 1.82) is 0 Å². The Hall–Kier alpha value is -4.25. The first-order valence-electron chi connectivity index (χ1n) is 9.91. The predicted molar refractivity (Wildman–Crippen MR) is 122 cm³/mol. The molecule has 0 spiro atoms. The van der Waals surface area contributed by atoms with E-state index in [1.165, 1.54) is 23.9 Å². The minimum Gasteiger partial charge on any atom is -0.467 e. The number of nitro groups is 1. The number of non-ortho nitro benzene ring substituents is 1. The Kier molecular flexibility index (Phi) is 5.45. The van der Waals surface area contributed by atoms with E-state index in [1.807, 2.05) is 24.3 Å². The molecule has 0 fully saturated rings. The van der Waals surface area contributed by atoms with Crippen molar-refractivity contribution in [2.75, 3.05) is 5.75 Å². The molecule has 5 rings (SSSR count). The van der Waals surface area contributed by atoms with E-state index in [2.05, 4.69) is 20.4 Å². The highest BCUT2D eigenvalue weighted by atomic mass is 32.2. The Morgan fingerprint density at radius 3 is 2.82 bits per heavy atom. The molecule has 33 heavy (non-hydrogen) atoms. The fraction of sp³-hybridized carbons (Fsp3) is 0.0909. The van der Waals surface area contributed by atoms with Gasteiger partial charge >= 0.3 is 0 Å². The largest absolute Gasteiger partial charge is 0.467 e. The fourth-order valence-corrected chi connectivity index (χ4v) is 4.06. The van der Waals surface area contributed by atoms with Crippen LogP contribution in [0.25, 0.3) is 27.9 Å². The van der Waals surface area contributed by atoms with Crippen LogP contribution in [0.2, 0.25) is 0 Å². The second-order valence-electron chi connectivity index (χ2n) is 7.03. The van der Waals surface area contributed by atoms with Gasteiger partial charge < -0.3 is 9.73 Å². The topological polar surface area (TPSA) is 128 Å². The van der Waals surface area contributed by atoms with Crippen LogP contribution in [0.4, 0.5) is 5.69 Å². The van der Waals surface area contributed by atoms with E-state index >= 15 is 0 Å². The van der Waals surface area contributed by atoms with Crippen molar-refractivity contribution >= 4 is 39.9 Å². The number of carbonyl (C=O) groups excluding carboxylic acids is 1. The molecule has 2 aromatic carbocycles. The van der Waals surface area contributed by atoms with E-state index in [0.717, 1.165) is 5.39 Å². The Morgan fingerprint density at radius 1 is 1.12 bits per heavy atom. The first kappa shape index (κ1) is 20.6. The fourth-order valence-electron chi connectivity index (χ4n) is 3.28. The molecule has 0 aliphatic carbocycles. The highest BCUT2D eigenvalue weighted by Gasteiger charge is 2.17. The average Bonchev–Trinajstić information content (AvgIpc) is 3.52. The molecule has 5 aromatic rings. The first-order chi connectivity index (χ1) is 16.1. The number of nitro benzene ring substituents is 1. The maximum atomic E-state index is 12.3. The molecule has 0 saturated heterocycles. The number of amides is 1. The van der Waals surface area contributed by atoms with Crippen molar-refractivity contribution in [1.82, 2.24) is 24.9 Å². The molecular weight excluding hydrogens is 444 g/mol. The molecule has 0 aliphatic heterocycles. The van der Waals surface area contributed by atoms with Gasteiger partial charge in [0.1, 0.15) is 5.76 Å². The van der Waals surface area contributed by atoms with Gasteiger partial charge in [-0.1, -0.05) is 36.0 Å². The highest BCUT2D eigenvalue weighted by Crippen LogP contribution is 2.27. The number of nitrogens with one attached hydrogen (secondary N) is 1. The summed E-state index contributed by atoms with van der Waals surface area (Å²) in [4.78, 5) is 32.3. The minimum atomic E-state index is -0.459. The quantitative estimate of drug-likeness (QED) is 0.168. The lowest BCUT2D eigenvalue weighted by Gasteiger charge is -2.06. The number of nitrogens with zero attached hydrogens (tertiary/aromatic N) is 5. The molecule has 164 valence electrons. The summed E-state index contributed by atoms with van der Waals surface area (Å²) < 4.78 is 6.79. The van der Waals surface area contributed by atoms with Crippen LogP contribution in [-0.4, -0.2) is 36.2 Å². The monoisotopic (exact) mass is 460 g/mol. The number of fused-ring (bicyclic) bond motifs is 3. The minimum absolute atomic E-state index is 0.0443. The smallest absolute Gasteiger partial charge is 0.270 e. The molecule has 11 heteroatoms. The van der Waals surface area contributed by atoms with Crippen molar-refractivity contribution in [3.05, 3.63) is 82.8 Å². The number of para-hydroxylation sites is 1. The SMILES string of the molecule is O=C(CSc1nc2ccccc2c2nc(-c3cccc([N+](=O)[O-])c3)nn12)NCc1ccco1. The highest BCUT2D eigenvalue weighted by molar-refractivity contribution is 7.99. The van der Waals surface area contributed by atoms with E-state index in [4.69, 9.17) is 4.42 Å². The normalized spacial score (nSPS) is 11.2. The van der Waals surface area contributed by atoms with Gasteiger partial charge in [0.25, 0.3) is 5.69 Å². The molecule has 1 amide bonds. The van der Waals surface area contributed by atoms with Gasteiger partial charge in [-0.3, -0.25) is 14.9 Å². The third-order valence-electron chi connectivity index (χ3n) is 4.84. The van der Waals surface area contributed by atoms with Crippen LogP contribution < -0.4 is 5.32 Å². The van der Waals surface area contributed by atoms with E-state index < -0.39 is 4.92 Å². The number of benzene rings is 2. The number of aromatic nitrogens is 4. The zero-order chi connectivity index (χ0) is 22.8. The molecule has 3 heterocycles. The zero-order valence-electron chi connectivity index (χ0n) is 17.0. The molecule has 10 nitrogen and oxygen atoms in total. The van der Waals surface area contributed by atoms with E-state index in [9.17, 15) is 14.9 Å². The standard InChI is InChI=1S/C22H16N6O4S/c29-19(23-12-16-7-4-10-32-16)13-33-22-24-18-9-2-1-8-17(18)21-25-20(26-27(21)22)14-5-3-6-15(11-14)28(30)31/h1-11H,12-13H2,(H,23,29). The van der Waals surface area contributed by atoms with Crippen molar-refractivity contribution in [2.45, 2.75) is 11.7 Å². The first-order valence-corrected chi connectivity index (χ1v) is 10.9. The number of hydrogen-bond acceptors (Lipinski definition) is 8. The van der Waals surface area contributed by atoms with Crippen LogP contribution in [0.1, 0.15) is 5.76 Å². The molecular formula is C22H16N6O4S. The average molecular weight is 460 g/mol. The summed E-state index contributed by atoms with van der Waals surface area (Å²) in [5.74, 6) is 0.935. The number of rotatable bonds is 7. The zero-order valence-corrected chi connectivity index (χ0v) is 17.9. The van der Waals surface area contributed by atoms with Crippen LogP contribution in [0.3, 0.4) is 0 Å². The molecule has 0 aliphatic rings. The second kappa shape index (κ2) is 8.71. The van der Waals surface area contributed by atoms with E-state index in [0.29, 0.717) is 40.0 Å². The summed E-state index contributed by atoms with van der Waals surface area (Å²) in [5.41, 5.74) is 1.74. The number of hydrogen-bond donors (Lipinski definition) is 1. The lowest BCUT2D eigenvalue weighted by Crippen LogP contribution is -2.24. The van der Waals surface area contributed by atoms with Crippen molar-refractivity contribution in [2.24, 2.45) is 0 Å². The van der Waals surface area contributed by atoms with Gasteiger partial charge in [0.15, 0.2) is 16.6 Å². The van der Waals surface area contributed by atoms with E-state index in [-0.39, 0.29) is 17.3 Å². The van der Waals surface area contributed by atoms with Gasteiger partial charge in [0.2, 0.25) is 5.91 Å². The van der Waals surface area contributed by atoms with Crippen LogP contribution in [0, 0.1) is 10.1 Å². The number of thioether (sulfide) groups is 1. The van der Waals surface area contributed by atoms with Crippen LogP contribution in [-0.2, 0) is 11.3 Å². The van der Waals surface area contributed by atoms with Gasteiger partial charge in [-0.2, -0.15) is 4.52 Å². The Morgan fingerprint density at radius 2 is 2.00 bits per heavy atom. The molecule has 0 unspecified atom stereocenters. The summed E-state index contributed by atoms with van der Waals surface area (Å²) >= 11 is 1.23. The summed E-state index contributed by atoms with van der Waals surface area (Å²) in [6, 6.07) is 17.2. The molecule has 1 N–H and O–H groups in total. The van der Waals surface area contributed by atoms with Gasteiger partial charge in [-0.25, -0.2) is 9.97 Å². The Labute approximate surface area is 190 Å². The van der Waals surface area contributed by atoms with Crippen LogP contribution >= 0.6 is 11.8 Å². The maximum Gasteiger partial charge on any atom is 0.270 e. The van der Waals surface area contributed by atoms with Crippen LogP contribution in [0.5, 0.6) is 0 Å². The van der Waals surface area contributed by atoms with Crippen molar-refractivity contribution in [3.63, 3.8) is 0 Å². The van der Waals surface area contributed by atoms with Gasteiger partial charge in [0.05, 0.1) is 29.0 Å².